The van der Waals surface area contributed by atoms with Crippen LogP contribution in [-0.2, 0) is 11.3 Å². The molecule has 1 saturated heterocycles. The zero-order valence-electron chi connectivity index (χ0n) is 12.3. The molecule has 6 nitrogen and oxygen atoms in total. The van der Waals surface area contributed by atoms with Crippen LogP contribution in [-0.4, -0.2) is 58.0 Å². The van der Waals surface area contributed by atoms with Gasteiger partial charge in [-0.3, -0.25) is 9.48 Å². The normalized spacial score (nSPS) is 18.4. The van der Waals surface area contributed by atoms with Crippen LogP contribution in [0.5, 0.6) is 0 Å². The van der Waals surface area contributed by atoms with Crippen molar-refractivity contribution < 1.29 is 9.90 Å². The molecule has 1 fully saturated rings. The van der Waals surface area contributed by atoms with E-state index in [2.05, 4.69) is 10.4 Å². The quantitative estimate of drug-likeness (QED) is 0.774. The molecule has 2 N–H and O–H groups in total. The molecular formula is C14H24N4O2. The predicted molar refractivity (Wildman–Crippen MR) is 76.4 cm³/mol. The van der Waals surface area contributed by atoms with Crippen molar-refractivity contribution in [2.45, 2.75) is 39.3 Å². The highest BCUT2D eigenvalue weighted by Gasteiger charge is 2.21. The van der Waals surface area contributed by atoms with Crippen LogP contribution in [0.2, 0.25) is 0 Å². The van der Waals surface area contributed by atoms with Gasteiger partial charge in [0.25, 0.3) is 0 Å². The molecule has 1 aromatic heterocycles. The second-order valence-electron chi connectivity index (χ2n) is 5.44. The van der Waals surface area contributed by atoms with Gasteiger partial charge in [-0.05, 0) is 39.3 Å². The van der Waals surface area contributed by atoms with Crippen molar-refractivity contribution in [3.8, 4) is 0 Å². The van der Waals surface area contributed by atoms with Crippen LogP contribution >= 0.6 is 0 Å². The first-order valence-corrected chi connectivity index (χ1v) is 7.23. The van der Waals surface area contributed by atoms with Gasteiger partial charge in [0.2, 0.25) is 5.91 Å². The molecule has 6 heteroatoms. The summed E-state index contributed by atoms with van der Waals surface area (Å²) in [5.74, 6) is 0.0129. The number of aliphatic hydroxyl groups excluding tert-OH is 1. The van der Waals surface area contributed by atoms with Crippen molar-refractivity contribution in [3.63, 3.8) is 0 Å². The number of aromatic nitrogens is 2. The summed E-state index contributed by atoms with van der Waals surface area (Å²) < 4.78 is 1.73. The molecule has 0 aliphatic carbocycles. The molecule has 1 aliphatic heterocycles. The highest BCUT2D eigenvalue weighted by Crippen LogP contribution is 2.08. The minimum absolute atomic E-state index is 0.00439. The Hall–Kier alpha value is -1.40. The highest BCUT2D eigenvalue weighted by molar-refractivity contribution is 5.76. The van der Waals surface area contributed by atoms with E-state index >= 15 is 0 Å². The van der Waals surface area contributed by atoms with Crippen molar-refractivity contribution >= 4 is 5.91 Å². The molecule has 0 spiro atoms. The number of aliphatic hydroxyl groups is 1. The van der Waals surface area contributed by atoms with E-state index in [4.69, 9.17) is 5.11 Å². The minimum atomic E-state index is -0.00439. The lowest BCUT2D eigenvalue weighted by Crippen LogP contribution is -2.44. The van der Waals surface area contributed by atoms with Gasteiger partial charge in [-0.25, -0.2) is 0 Å². The van der Waals surface area contributed by atoms with Crippen LogP contribution in [0.15, 0.2) is 6.07 Å². The van der Waals surface area contributed by atoms with Crippen molar-refractivity contribution in [1.29, 1.82) is 0 Å². The summed E-state index contributed by atoms with van der Waals surface area (Å²) in [5.41, 5.74) is 1.90. The second kappa shape index (κ2) is 6.85. The fourth-order valence-corrected chi connectivity index (χ4v) is 2.68. The zero-order valence-corrected chi connectivity index (χ0v) is 12.3. The van der Waals surface area contributed by atoms with Crippen molar-refractivity contribution in [2.75, 3.05) is 26.2 Å². The summed E-state index contributed by atoms with van der Waals surface area (Å²) in [6.07, 6.45) is 2.25. The van der Waals surface area contributed by atoms with Crippen LogP contribution in [0.3, 0.4) is 0 Å². The van der Waals surface area contributed by atoms with E-state index in [-0.39, 0.29) is 19.1 Å². The van der Waals surface area contributed by atoms with Gasteiger partial charge in [0.1, 0.15) is 6.54 Å². The predicted octanol–water partition coefficient (Wildman–Crippen LogP) is 0.0728. The summed E-state index contributed by atoms with van der Waals surface area (Å²) in [6, 6.07) is 2.31. The molecule has 1 amide bonds. The number of nitrogens with zero attached hydrogens (tertiary/aromatic N) is 3. The molecule has 0 aromatic carbocycles. The highest BCUT2D eigenvalue weighted by atomic mass is 16.3. The Morgan fingerprint density at radius 1 is 1.60 bits per heavy atom. The monoisotopic (exact) mass is 280 g/mol. The van der Waals surface area contributed by atoms with E-state index < -0.39 is 0 Å². The number of hydrogen-bond donors (Lipinski definition) is 2. The number of carbonyl (C=O) groups is 1. The fraction of sp³-hybridized carbons (Fsp3) is 0.714. The molecule has 0 saturated carbocycles. The smallest absolute Gasteiger partial charge is 0.244 e. The second-order valence-corrected chi connectivity index (χ2v) is 5.44. The Morgan fingerprint density at radius 3 is 2.95 bits per heavy atom. The molecule has 1 aliphatic rings. The third-order valence-corrected chi connectivity index (χ3v) is 3.71. The minimum Gasteiger partial charge on any atom is -0.395 e. The largest absolute Gasteiger partial charge is 0.395 e. The summed E-state index contributed by atoms with van der Waals surface area (Å²) in [4.78, 5) is 14.1. The Bertz CT molecular complexity index is 452. The maximum atomic E-state index is 12.4. The first kappa shape index (κ1) is 15.0. The number of nitrogens with one attached hydrogen (secondary N) is 1. The van der Waals surface area contributed by atoms with Crippen LogP contribution in [0, 0.1) is 13.8 Å². The summed E-state index contributed by atoms with van der Waals surface area (Å²) in [6.45, 7) is 6.17. The Kier molecular flexibility index (Phi) is 5.14. The number of carbonyl (C=O) groups excluding carboxylic acids is 1. The average Bonchev–Trinajstić information content (AvgIpc) is 2.99. The first-order valence-electron chi connectivity index (χ1n) is 7.23. The lowest BCUT2D eigenvalue weighted by molar-refractivity contribution is -0.132. The lowest BCUT2D eigenvalue weighted by Gasteiger charge is -2.25. The first-order chi connectivity index (χ1) is 9.60. The molecule has 1 aromatic rings. The van der Waals surface area contributed by atoms with Gasteiger partial charge in [0.15, 0.2) is 0 Å². The Labute approximate surface area is 119 Å². The van der Waals surface area contributed by atoms with Crippen molar-refractivity contribution in [3.05, 3.63) is 17.5 Å². The number of rotatable bonds is 6. The molecule has 2 heterocycles. The van der Waals surface area contributed by atoms with E-state index in [1.807, 2.05) is 19.9 Å². The van der Waals surface area contributed by atoms with Gasteiger partial charge in [0.05, 0.1) is 12.3 Å². The van der Waals surface area contributed by atoms with E-state index in [0.29, 0.717) is 19.1 Å². The number of amides is 1. The van der Waals surface area contributed by atoms with Crippen LogP contribution in [0.25, 0.3) is 0 Å². The Balaban J connectivity index is 1.96. The molecule has 0 radical (unpaired) electrons. The Morgan fingerprint density at radius 2 is 2.40 bits per heavy atom. The number of aryl methyl sites for hydroxylation is 2. The van der Waals surface area contributed by atoms with Gasteiger partial charge in [-0.2, -0.15) is 5.10 Å². The molecule has 1 unspecified atom stereocenters. The zero-order chi connectivity index (χ0) is 14.5. The molecule has 20 heavy (non-hydrogen) atoms. The van der Waals surface area contributed by atoms with Crippen molar-refractivity contribution in [2.24, 2.45) is 0 Å². The maximum Gasteiger partial charge on any atom is 0.244 e. The van der Waals surface area contributed by atoms with Gasteiger partial charge in [-0.15, -0.1) is 0 Å². The molecule has 2 rings (SSSR count). The SMILES string of the molecule is Cc1cc(C)n(CC(=O)N(CCO)CC2CCCN2)n1. The maximum absolute atomic E-state index is 12.4. The van der Waals surface area contributed by atoms with Crippen LogP contribution in [0.4, 0.5) is 0 Å². The van der Waals surface area contributed by atoms with E-state index in [1.54, 1.807) is 9.58 Å². The van der Waals surface area contributed by atoms with E-state index in [9.17, 15) is 4.79 Å². The number of hydrogen-bond acceptors (Lipinski definition) is 4. The lowest BCUT2D eigenvalue weighted by atomic mass is 10.2. The third-order valence-electron chi connectivity index (χ3n) is 3.71. The molecule has 112 valence electrons. The molecule has 0 bridgehead atoms. The van der Waals surface area contributed by atoms with Gasteiger partial charge >= 0.3 is 0 Å². The van der Waals surface area contributed by atoms with Crippen molar-refractivity contribution in [1.82, 2.24) is 20.0 Å². The van der Waals surface area contributed by atoms with Gasteiger partial charge in [0, 0.05) is 24.8 Å². The van der Waals surface area contributed by atoms with Gasteiger partial charge < -0.3 is 15.3 Å². The van der Waals surface area contributed by atoms with E-state index in [1.165, 1.54) is 0 Å². The average molecular weight is 280 g/mol. The fourth-order valence-electron chi connectivity index (χ4n) is 2.68. The third kappa shape index (κ3) is 3.80. The summed E-state index contributed by atoms with van der Waals surface area (Å²) >= 11 is 0. The topological polar surface area (TPSA) is 70.4 Å². The summed E-state index contributed by atoms with van der Waals surface area (Å²) in [5, 5.41) is 16.8. The molecule has 1 atom stereocenters. The summed E-state index contributed by atoms with van der Waals surface area (Å²) in [7, 11) is 0. The van der Waals surface area contributed by atoms with Crippen LogP contribution in [0.1, 0.15) is 24.2 Å². The van der Waals surface area contributed by atoms with Crippen LogP contribution < -0.4 is 5.32 Å². The van der Waals surface area contributed by atoms with Gasteiger partial charge in [-0.1, -0.05) is 0 Å². The molecular weight excluding hydrogens is 256 g/mol. The van der Waals surface area contributed by atoms with E-state index in [0.717, 1.165) is 30.8 Å². The standard InChI is InChI=1S/C14H24N4O2/c1-11-8-12(2)18(16-11)10-14(20)17(6-7-19)9-13-4-3-5-15-13/h8,13,15,19H,3-7,9-10H2,1-2H3.